The van der Waals surface area contributed by atoms with Crippen LogP contribution in [-0.4, -0.2) is 38.0 Å². The maximum atomic E-state index is 12.1. The number of thioether (sulfide) groups is 1. The van der Waals surface area contributed by atoms with Crippen LogP contribution in [-0.2, 0) is 14.4 Å². The minimum Gasteiger partial charge on any atom is -0.287 e. The van der Waals surface area contributed by atoms with Crippen LogP contribution < -0.4 is 0 Å². The van der Waals surface area contributed by atoms with Gasteiger partial charge in [0.2, 0.25) is 5.78 Å². The Labute approximate surface area is 106 Å². The van der Waals surface area contributed by atoms with E-state index in [1.807, 2.05) is 20.8 Å². The van der Waals surface area contributed by atoms with Gasteiger partial charge in [-0.3, -0.25) is 19.3 Å². The lowest BCUT2D eigenvalue weighted by Gasteiger charge is -2.29. The molecule has 4 nitrogen and oxygen atoms in total. The molecule has 0 aromatic heterocycles. The molecule has 1 rings (SSSR count). The minimum absolute atomic E-state index is 0.232. The first kappa shape index (κ1) is 14.2. The van der Waals surface area contributed by atoms with Gasteiger partial charge in [-0.25, -0.2) is 0 Å². The first-order chi connectivity index (χ1) is 7.45. The lowest BCUT2D eigenvalue weighted by molar-refractivity contribution is -0.147. The van der Waals surface area contributed by atoms with E-state index in [1.165, 1.54) is 11.8 Å². The number of amides is 2. The zero-order chi connectivity index (χ0) is 13.6. The predicted molar refractivity (Wildman–Crippen MR) is 67.7 cm³/mol. The highest BCUT2D eigenvalue weighted by atomic mass is 32.2. The fraction of sp³-hybridized carbons (Fsp3) is 0.750. The molecule has 1 unspecified atom stereocenters. The van der Waals surface area contributed by atoms with Crippen molar-refractivity contribution in [3.05, 3.63) is 0 Å². The molecule has 0 N–H and O–H groups in total. The Bertz CT molecular complexity index is 376. The Kier molecular flexibility index (Phi) is 3.45. The van der Waals surface area contributed by atoms with Crippen LogP contribution >= 0.6 is 11.8 Å². The number of Topliss-reactive ketones (excluding diaryl/α,β-unsaturated/α-hetero) is 1. The van der Waals surface area contributed by atoms with Crippen LogP contribution in [0, 0.1) is 0 Å². The molecule has 96 valence electrons. The number of hydrogen-bond donors (Lipinski definition) is 0. The maximum absolute atomic E-state index is 12.1. The van der Waals surface area contributed by atoms with E-state index in [9.17, 15) is 14.4 Å². The predicted octanol–water partition coefficient (Wildman–Crippen LogP) is 1.62. The van der Waals surface area contributed by atoms with Crippen molar-refractivity contribution in [3.8, 4) is 0 Å². The molecule has 5 heteroatoms. The molecule has 1 atom stereocenters. The van der Waals surface area contributed by atoms with E-state index in [0.717, 1.165) is 4.90 Å². The van der Waals surface area contributed by atoms with Crippen molar-refractivity contribution in [1.82, 2.24) is 4.90 Å². The Morgan fingerprint density at radius 2 is 1.47 bits per heavy atom. The molecule has 1 fully saturated rings. The normalized spacial score (nSPS) is 22.6. The number of carbonyl (C=O) groups is 3. The monoisotopic (exact) mass is 257 g/mol. The molecule has 0 spiro atoms. The standard InChI is InChI=1S/C12H19NO3S/c1-11(2,3)13-9(15)7(14)8(10(13)16)17-12(4,5)6/h8H,1-6H3. The molecular formula is C12H19NO3S. The second-order valence-electron chi connectivity index (χ2n) is 6.12. The first-order valence-electron chi connectivity index (χ1n) is 5.55. The van der Waals surface area contributed by atoms with Gasteiger partial charge in [-0.05, 0) is 20.8 Å². The van der Waals surface area contributed by atoms with E-state index < -0.39 is 22.5 Å². The summed E-state index contributed by atoms with van der Waals surface area (Å²) in [6.45, 7) is 11.0. The van der Waals surface area contributed by atoms with Gasteiger partial charge < -0.3 is 0 Å². The van der Waals surface area contributed by atoms with Gasteiger partial charge >= 0.3 is 0 Å². The number of nitrogens with zero attached hydrogens (tertiary/aromatic N) is 1. The quantitative estimate of drug-likeness (QED) is 0.407. The molecule has 1 heterocycles. The number of hydrogen-bond acceptors (Lipinski definition) is 4. The van der Waals surface area contributed by atoms with Gasteiger partial charge in [-0.1, -0.05) is 20.8 Å². The molecule has 1 aliphatic rings. The SMILES string of the molecule is CC(C)(C)SC1C(=O)C(=O)N(C(C)(C)C)C1=O. The van der Waals surface area contributed by atoms with Crippen LogP contribution in [0.1, 0.15) is 41.5 Å². The fourth-order valence-electron chi connectivity index (χ4n) is 1.64. The van der Waals surface area contributed by atoms with Crippen molar-refractivity contribution in [3.63, 3.8) is 0 Å². The van der Waals surface area contributed by atoms with E-state index in [1.54, 1.807) is 20.8 Å². The summed E-state index contributed by atoms with van der Waals surface area (Å²) in [6.07, 6.45) is 0. The Morgan fingerprint density at radius 3 is 1.76 bits per heavy atom. The van der Waals surface area contributed by atoms with Crippen LogP contribution in [0.15, 0.2) is 0 Å². The van der Waals surface area contributed by atoms with Gasteiger partial charge in [-0.2, -0.15) is 0 Å². The highest BCUT2D eigenvalue weighted by Gasteiger charge is 2.52. The van der Waals surface area contributed by atoms with Gasteiger partial charge in [0.15, 0.2) is 5.25 Å². The second kappa shape index (κ2) is 4.12. The molecular weight excluding hydrogens is 238 g/mol. The van der Waals surface area contributed by atoms with Gasteiger partial charge in [0.25, 0.3) is 11.8 Å². The van der Waals surface area contributed by atoms with Crippen LogP contribution in [0.4, 0.5) is 0 Å². The fourth-order valence-corrected chi connectivity index (χ4v) is 2.77. The number of rotatable bonds is 1. The Hall–Kier alpha value is -0.840. The van der Waals surface area contributed by atoms with Crippen molar-refractivity contribution >= 4 is 29.4 Å². The molecule has 0 aromatic rings. The molecule has 0 radical (unpaired) electrons. The summed E-state index contributed by atoms with van der Waals surface area (Å²) in [5, 5.41) is -0.873. The third kappa shape index (κ3) is 2.89. The average Bonchev–Trinajstić information content (AvgIpc) is 2.26. The van der Waals surface area contributed by atoms with Gasteiger partial charge in [0.05, 0.1) is 0 Å². The summed E-state index contributed by atoms with van der Waals surface area (Å²) in [6, 6.07) is 0. The molecule has 17 heavy (non-hydrogen) atoms. The van der Waals surface area contributed by atoms with E-state index in [2.05, 4.69) is 0 Å². The van der Waals surface area contributed by atoms with Gasteiger partial charge in [0.1, 0.15) is 0 Å². The lowest BCUT2D eigenvalue weighted by atomic mass is 10.1. The topological polar surface area (TPSA) is 54.5 Å². The van der Waals surface area contributed by atoms with E-state index in [-0.39, 0.29) is 10.7 Å². The van der Waals surface area contributed by atoms with Gasteiger partial charge in [-0.15, -0.1) is 11.8 Å². The number of carbonyl (C=O) groups excluding carboxylic acids is 3. The summed E-state index contributed by atoms with van der Waals surface area (Å²) in [5.74, 6) is -1.65. The molecule has 0 aromatic carbocycles. The van der Waals surface area contributed by atoms with Crippen LogP contribution in [0.5, 0.6) is 0 Å². The molecule has 0 bridgehead atoms. The number of likely N-dealkylation sites (tertiary alicyclic amines) is 1. The van der Waals surface area contributed by atoms with Crippen molar-refractivity contribution in [1.29, 1.82) is 0 Å². The van der Waals surface area contributed by atoms with Crippen molar-refractivity contribution in [2.24, 2.45) is 0 Å². The number of ketones is 1. The summed E-state index contributed by atoms with van der Waals surface area (Å²) in [4.78, 5) is 36.8. The average molecular weight is 257 g/mol. The summed E-state index contributed by atoms with van der Waals surface area (Å²) >= 11 is 1.24. The lowest BCUT2D eigenvalue weighted by Crippen LogP contribution is -2.46. The van der Waals surface area contributed by atoms with E-state index >= 15 is 0 Å². The van der Waals surface area contributed by atoms with Crippen LogP contribution in [0.3, 0.4) is 0 Å². The van der Waals surface area contributed by atoms with Crippen molar-refractivity contribution in [2.45, 2.75) is 57.1 Å². The zero-order valence-electron chi connectivity index (χ0n) is 11.2. The van der Waals surface area contributed by atoms with Crippen molar-refractivity contribution in [2.75, 3.05) is 0 Å². The zero-order valence-corrected chi connectivity index (χ0v) is 12.0. The molecule has 1 saturated heterocycles. The largest absolute Gasteiger partial charge is 0.298 e. The third-order valence-corrected chi connectivity index (χ3v) is 3.60. The third-order valence-electron chi connectivity index (χ3n) is 2.24. The highest BCUT2D eigenvalue weighted by Crippen LogP contribution is 2.35. The maximum Gasteiger partial charge on any atom is 0.298 e. The van der Waals surface area contributed by atoms with E-state index in [0.29, 0.717) is 0 Å². The van der Waals surface area contributed by atoms with Crippen LogP contribution in [0.2, 0.25) is 0 Å². The molecule has 0 aliphatic carbocycles. The van der Waals surface area contributed by atoms with Crippen molar-refractivity contribution < 1.29 is 14.4 Å². The Balaban J connectivity index is 3.03. The first-order valence-corrected chi connectivity index (χ1v) is 6.43. The molecule has 0 saturated carbocycles. The second-order valence-corrected chi connectivity index (χ2v) is 8.06. The summed E-state index contributed by atoms with van der Waals surface area (Å²) < 4.78 is -0.232. The Morgan fingerprint density at radius 1 is 1.00 bits per heavy atom. The van der Waals surface area contributed by atoms with Gasteiger partial charge in [0, 0.05) is 10.3 Å². The molecule has 1 aliphatic heterocycles. The number of imide groups is 1. The minimum atomic E-state index is -0.873. The summed E-state index contributed by atoms with van der Waals surface area (Å²) in [7, 11) is 0. The van der Waals surface area contributed by atoms with E-state index in [4.69, 9.17) is 0 Å². The molecule has 2 amide bonds. The highest BCUT2D eigenvalue weighted by molar-refractivity contribution is 8.02. The summed E-state index contributed by atoms with van der Waals surface area (Å²) in [5.41, 5.74) is -0.642. The smallest absolute Gasteiger partial charge is 0.287 e. The van der Waals surface area contributed by atoms with Crippen LogP contribution in [0.25, 0.3) is 0 Å².